The minimum atomic E-state index is -0.248. The highest BCUT2D eigenvalue weighted by molar-refractivity contribution is 6.29. The van der Waals surface area contributed by atoms with Gasteiger partial charge in [-0.15, -0.1) is 0 Å². The van der Waals surface area contributed by atoms with Gasteiger partial charge in [-0.25, -0.2) is 4.39 Å². The van der Waals surface area contributed by atoms with Gasteiger partial charge in [-0.05, 0) is 30.7 Å². The van der Waals surface area contributed by atoms with Crippen molar-refractivity contribution in [3.05, 3.63) is 41.2 Å². The summed E-state index contributed by atoms with van der Waals surface area (Å²) in [5.41, 5.74) is 1.60. The van der Waals surface area contributed by atoms with Crippen LogP contribution in [0.1, 0.15) is 5.56 Å². The van der Waals surface area contributed by atoms with E-state index in [9.17, 15) is 4.39 Å². The second-order valence-corrected chi connectivity index (χ2v) is 3.42. The lowest BCUT2D eigenvalue weighted by Gasteiger charge is -2.05. The van der Waals surface area contributed by atoms with Crippen LogP contribution in [0.5, 0.6) is 0 Å². The average Bonchev–Trinajstić information content (AvgIpc) is 1.99. The number of aryl methyl sites for hydroxylation is 1. The van der Waals surface area contributed by atoms with Crippen LogP contribution in [0.4, 0.5) is 10.1 Å². The number of halogens is 2. The van der Waals surface area contributed by atoms with Crippen LogP contribution in [-0.4, -0.2) is 6.54 Å². The third-order valence-corrected chi connectivity index (χ3v) is 1.66. The van der Waals surface area contributed by atoms with Gasteiger partial charge in [0.15, 0.2) is 0 Å². The minimum Gasteiger partial charge on any atom is -0.380 e. The van der Waals surface area contributed by atoms with Crippen molar-refractivity contribution in [2.45, 2.75) is 6.92 Å². The molecule has 0 aromatic heterocycles. The molecular weight excluding hydrogens is 189 g/mol. The Balaban J connectivity index is 2.71. The highest BCUT2D eigenvalue weighted by atomic mass is 35.5. The van der Waals surface area contributed by atoms with Crippen LogP contribution >= 0.6 is 11.6 Å². The van der Waals surface area contributed by atoms with E-state index < -0.39 is 0 Å². The molecule has 0 saturated heterocycles. The summed E-state index contributed by atoms with van der Waals surface area (Å²) in [6, 6.07) is 4.75. The van der Waals surface area contributed by atoms with Crippen LogP contribution in [0, 0.1) is 12.7 Å². The van der Waals surface area contributed by atoms with Crippen molar-refractivity contribution in [3.8, 4) is 0 Å². The molecule has 0 bridgehead atoms. The van der Waals surface area contributed by atoms with Gasteiger partial charge in [0.2, 0.25) is 0 Å². The molecule has 0 spiro atoms. The SMILES string of the molecule is C=C(Cl)CNc1cc(C)cc(F)c1. The Labute approximate surface area is 82.2 Å². The summed E-state index contributed by atoms with van der Waals surface area (Å²) in [5, 5.41) is 3.46. The molecule has 0 aliphatic rings. The molecule has 0 aliphatic carbocycles. The zero-order chi connectivity index (χ0) is 9.84. The van der Waals surface area contributed by atoms with Crippen molar-refractivity contribution in [1.29, 1.82) is 0 Å². The van der Waals surface area contributed by atoms with E-state index in [1.54, 1.807) is 0 Å². The highest BCUT2D eigenvalue weighted by Crippen LogP contribution is 2.13. The summed E-state index contributed by atoms with van der Waals surface area (Å²) < 4.78 is 12.9. The molecule has 1 N–H and O–H groups in total. The van der Waals surface area contributed by atoms with Crippen molar-refractivity contribution in [3.63, 3.8) is 0 Å². The predicted molar refractivity (Wildman–Crippen MR) is 54.6 cm³/mol. The molecule has 3 heteroatoms. The zero-order valence-electron chi connectivity index (χ0n) is 7.40. The predicted octanol–water partition coefficient (Wildman–Crippen LogP) is 3.30. The van der Waals surface area contributed by atoms with Crippen molar-refractivity contribution < 1.29 is 4.39 Å². The van der Waals surface area contributed by atoms with Gasteiger partial charge in [0, 0.05) is 10.7 Å². The highest BCUT2D eigenvalue weighted by Gasteiger charge is 1.97. The second-order valence-electron chi connectivity index (χ2n) is 2.89. The number of rotatable bonds is 3. The summed E-state index contributed by atoms with van der Waals surface area (Å²) in [4.78, 5) is 0. The first kappa shape index (κ1) is 10.1. The minimum absolute atomic E-state index is 0.248. The van der Waals surface area contributed by atoms with Crippen molar-refractivity contribution >= 4 is 17.3 Å². The lowest BCUT2D eigenvalue weighted by Crippen LogP contribution is -2.01. The fraction of sp³-hybridized carbons (Fsp3) is 0.200. The van der Waals surface area contributed by atoms with Crippen molar-refractivity contribution in [1.82, 2.24) is 0 Å². The number of hydrogen-bond donors (Lipinski definition) is 1. The maximum atomic E-state index is 12.9. The van der Waals surface area contributed by atoms with Crippen LogP contribution in [0.3, 0.4) is 0 Å². The first-order chi connectivity index (χ1) is 6.08. The van der Waals surface area contributed by atoms with Crippen molar-refractivity contribution in [2.75, 3.05) is 11.9 Å². The quantitative estimate of drug-likeness (QED) is 0.788. The van der Waals surface area contributed by atoms with Gasteiger partial charge in [0.1, 0.15) is 5.82 Å². The zero-order valence-corrected chi connectivity index (χ0v) is 8.16. The average molecular weight is 200 g/mol. The Kier molecular flexibility index (Phi) is 3.32. The Morgan fingerprint density at radius 1 is 1.54 bits per heavy atom. The molecule has 0 amide bonds. The van der Waals surface area contributed by atoms with Gasteiger partial charge in [-0.2, -0.15) is 0 Å². The lowest BCUT2D eigenvalue weighted by molar-refractivity contribution is 0.627. The van der Waals surface area contributed by atoms with Gasteiger partial charge in [0.25, 0.3) is 0 Å². The summed E-state index contributed by atoms with van der Waals surface area (Å²) in [6.45, 7) is 5.81. The molecule has 0 aliphatic heterocycles. The molecule has 0 radical (unpaired) electrons. The Morgan fingerprint density at radius 3 is 2.77 bits per heavy atom. The Hall–Kier alpha value is -1.02. The molecule has 0 saturated carbocycles. The standard InChI is InChI=1S/C10H11ClFN/c1-7-3-9(12)5-10(4-7)13-6-8(2)11/h3-5,13H,2,6H2,1H3. The van der Waals surface area contributed by atoms with Crippen LogP contribution in [0.2, 0.25) is 0 Å². The third-order valence-electron chi connectivity index (χ3n) is 1.53. The van der Waals surface area contributed by atoms with E-state index in [0.29, 0.717) is 11.6 Å². The monoisotopic (exact) mass is 199 g/mol. The fourth-order valence-corrected chi connectivity index (χ4v) is 1.10. The Bertz CT molecular complexity index is 302. The molecule has 70 valence electrons. The molecule has 13 heavy (non-hydrogen) atoms. The first-order valence-corrected chi connectivity index (χ1v) is 4.30. The molecule has 0 unspecified atom stereocenters. The van der Waals surface area contributed by atoms with Gasteiger partial charge in [-0.3, -0.25) is 0 Å². The summed E-state index contributed by atoms with van der Waals surface area (Å²) in [5.74, 6) is -0.248. The summed E-state index contributed by atoms with van der Waals surface area (Å²) in [7, 11) is 0. The van der Waals surface area contributed by atoms with Gasteiger partial charge < -0.3 is 5.32 Å². The van der Waals surface area contributed by atoms with Crippen LogP contribution < -0.4 is 5.32 Å². The molecule has 1 rings (SSSR count). The molecule has 1 aromatic rings. The Morgan fingerprint density at radius 2 is 2.23 bits per heavy atom. The third kappa shape index (κ3) is 3.47. The van der Waals surface area contributed by atoms with Gasteiger partial charge in [-0.1, -0.05) is 18.2 Å². The van der Waals surface area contributed by atoms with Gasteiger partial charge in [0.05, 0.1) is 6.54 Å². The molecular formula is C10H11ClFN. The molecule has 1 nitrogen and oxygen atoms in total. The maximum Gasteiger partial charge on any atom is 0.125 e. The van der Waals surface area contributed by atoms with E-state index >= 15 is 0 Å². The van der Waals surface area contributed by atoms with Crippen LogP contribution in [0.15, 0.2) is 29.8 Å². The topological polar surface area (TPSA) is 12.0 Å². The maximum absolute atomic E-state index is 12.9. The van der Waals surface area contributed by atoms with E-state index in [0.717, 1.165) is 11.3 Å². The van der Waals surface area contributed by atoms with E-state index in [1.165, 1.54) is 12.1 Å². The van der Waals surface area contributed by atoms with E-state index in [1.807, 2.05) is 13.0 Å². The van der Waals surface area contributed by atoms with Crippen LogP contribution in [-0.2, 0) is 0 Å². The molecule has 0 atom stereocenters. The number of nitrogens with one attached hydrogen (secondary N) is 1. The molecule has 0 fully saturated rings. The van der Waals surface area contributed by atoms with Crippen molar-refractivity contribution in [2.24, 2.45) is 0 Å². The smallest absolute Gasteiger partial charge is 0.125 e. The number of hydrogen-bond acceptors (Lipinski definition) is 1. The molecule has 1 aromatic carbocycles. The molecule has 0 heterocycles. The summed E-state index contributed by atoms with van der Waals surface area (Å²) >= 11 is 5.56. The van der Waals surface area contributed by atoms with E-state index in [4.69, 9.17) is 11.6 Å². The lowest BCUT2D eigenvalue weighted by atomic mass is 10.2. The normalized spacial score (nSPS) is 9.77. The fourth-order valence-electron chi connectivity index (χ4n) is 1.04. The number of benzene rings is 1. The van der Waals surface area contributed by atoms with Gasteiger partial charge >= 0.3 is 0 Å². The second kappa shape index (κ2) is 4.28. The largest absolute Gasteiger partial charge is 0.380 e. The first-order valence-electron chi connectivity index (χ1n) is 3.92. The number of anilines is 1. The van der Waals surface area contributed by atoms with E-state index in [-0.39, 0.29) is 5.82 Å². The van der Waals surface area contributed by atoms with E-state index in [2.05, 4.69) is 11.9 Å². The van der Waals surface area contributed by atoms with Crippen LogP contribution in [0.25, 0.3) is 0 Å². The summed E-state index contributed by atoms with van der Waals surface area (Å²) in [6.07, 6.45) is 0.